The van der Waals surface area contributed by atoms with Gasteiger partial charge < -0.3 is 14.1 Å². The second kappa shape index (κ2) is 14.6. The summed E-state index contributed by atoms with van der Waals surface area (Å²) in [6, 6.07) is 16.6. The maximum atomic E-state index is 14.8. The minimum Gasteiger partial charge on any atom is -0.415 e. The molecule has 0 radical (unpaired) electrons. The van der Waals surface area contributed by atoms with Gasteiger partial charge in [0.25, 0.3) is 11.8 Å². The Balaban J connectivity index is 1.90. The van der Waals surface area contributed by atoms with Crippen LogP contribution in [-0.2, 0) is 29.7 Å². The van der Waals surface area contributed by atoms with Crippen molar-refractivity contribution in [1.29, 1.82) is 0 Å². The topological polar surface area (TPSA) is 107 Å². The standard InChI is InChI=1S/C32H29F6N5O4/c1-3-5-17-30(32(36,37)38,46-21-23-15-11-8-12-16-23)29-41-40-28(47-29)26-25(43(44)45)19-24(31(33,34)35)27(39-26)42(18-6-4-2)20-22-13-9-7-10-14-22/h3-4,7-16,19H,1-2,5-6,17-18,20-21H2. The van der Waals surface area contributed by atoms with Gasteiger partial charge in [-0.15, -0.1) is 23.4 Å². The summed E-state index contributed by atoms with van der Waals surface area (Å²) < 4.78 is 98.5. The lowest BCUT2D eigenvalue weighted by Crippen LogP contribution is -2.45. The largest absolute Gasteiger partial charge is 0.426 e. The molecule has 0 aliphatic rings. The number of ether oxygens (including phenoxy) is 1. The van der Waals surface area contributed by atoms with Crippen molar-refractivity contribution in [3.05, 3.63) is 125 Å². The Bertz CT molecular complexity index is 1680. The van der Waals surface area contributed by atoms with E-state index in [0.29, 0.717) is 11.1 Å². The predicted octanol–water partition coefficient (Wildman–Crippen LogP) is 8.58. The van der Waals surface area contributed by atoms with Gasteiger partial charge in [0.1, 0.15) is 11.4 Å². The Morgan fingerprint density at radius 3 is 2.09 bits per heavy atom. The highest BCUT2D eigenvalue weighted by Crippen LogP contribution is 2.47. The van der Waals surface area contributed by atoms with Gasteiger partial charge in [0.15, 0.2) is 0 Å². The molecule has 0 aliphatic carbocycles. The average Bonchev–Trinajstić information content (AvgIpc) is 3.53. The first kappa shape index (κ1) is 34.8. The van der Waals surface area contributed by atoms with Crippen LogP contribution in [0.2, 0.25) is 0 Å². The minimum atomic E-state index is -5.14. The number of nitrogens with zero attached hydrogens (tertiary/aromatic N) is 5. The van der Waals surface area contributed by atoms with Crippen LogP contribution in [0.1, 0.15) is 41.8 Å². The molecule has 4 aromatic rings. The number of benzene rings is 2. The molecule has 2 heterocycles. The summed E-state index contributed by atoms with van der Waals surface area (Å²) in [5.41, 5.74) is -5.70. The van der Waals surface area contributed by atoms with Gasteiger partial charge in [-0.2, -0.15) is 26.3 Å². The maximum absolute atomic E-state index is 14.8. The summed E-state index contributed by atoms with van der Waals surface area (Å²) in [5.74, 6) is -2.73. The molecule has 2 aromatic heterocycles. The summed E-state index contributed by atoms with van der Waals surface area (Å²) in [6.45, 7) is 6.42. The lowest BCUT2D eigenvalue weighted by molar-refractivity contribution is -0.384. The zero-order valence-corrected chi connectivity index (χ0v) is 24.8. The van der Waals surface area contributed by atoms with Crippen LogP contribution in [0.15, 0.2) is 96.5 Å². The zero-order chi connectivity index (χ0) is 34.2. The smallest absolute Gasteiger partial charge is 0.415 e. The first-order chi connectivity index (χ1) is 22.3. The van der Waals surface area contributed by atoms with E-state index in [2.05, 4.69) is 28.3 Å². The van der Waals surface area contributed by atoms with Crippen LogP contribution < -0.4 is 4.90 Å². The lowest BCUT2D eigenvalue weighted by Gasteiger charge is -2.32. The van der Waals surface area contributed by atoms with Crippen molar-refractivity contribution in [3.8, 4) is 11.6 Å². The molecule has 47 heavy (non-hydrogen) atoms. The number of pyridine rings is 1. The van der Waals surface area contributed by atoms with Crippen LogP contribution >= 0.6 is 0 Å². The number of anilines is 1. The number of hydrogen-bond acceptors (Lipinski definition) is 8. The van der Waals surface area contributed by atoms with Crippen LogP contribution in [0.25, 0.3) is 11.6 Å². The van der Waals surface area contributed by atoms with Crippen molar-refractivity contribution in [2.24, 2.45) is 0 Å². The Morgan fingerprint density at radius 1 is 0.915 bits per heavy atom. The highest BCUT2D eigenvalue weighted by molar-refractivity contribution is 5.68. The van der Waals surface area contributed by atoms with Crippen LogP contribution in [-0.4, -0.2) is 32.8 Å². The van der Waals surface area contributed by atoms with Gasteiger partial charge in [-0.3, -0.25) is 10.1 Å². The molecule has 248 valence electrons. The molecule has 0 saturated carbocycles. The molecule has 9 nitrogen and oxygen atoms in total. The molecule has 4 rings (SSSR count). The molecule has 1 atom stereocenters. The van der Waals surface area contributed by atoms with Crippen molar-refractivity contribution in [1.82, 2.24) is 15.2 Å². The first-order valence-corrected chi connectivity index (χ1v) is 14.2. The number of allylic oxidation sites excluding steroid dienone is 1. The van der Waals surface area contributed by atoms with E-state index in [9.17, 15) is 36.5 Å². The van der Waals surface area contributed by atoms with Gasteiger partial charge >= 0.3 is 18.0 Å². The van der Waals surface area contributed by atoms with E-state index >= 15 is 0 Å². The van der Waals surface area contributed by atoms with E-state index in [0.717, 1.165) is 0 Å². The second-order valence-corrected chi connectivity index (χ2v) is 10.3. The molecule has 2 aromatic carbocycles. The molecule has 0 saturated heterocycles. The molecule has 0 N–H and O–H groups in total. The molecule has 15 heteroatoms. The monoisotopic (exact) mass is 661 g/mol. The fourth-order valence-corrected chi connectivity index (χ4v) is 4.70. The van der Waals surface area contributed by atoms with E-state index in [1.165, 1.54) is 17.1 Å². The Kier molecular flexibility index (Phi) is 10.8. The predicted molar refractivity (Wildman–Crippen MR) is 160 cm³/mol. The third-order valence-electron chi connectivity index (χ3n) is 7.06. The van der Waals surface area contributed by atoms with E-state index < -0.39 is 70.4 Å². The van der Waals surface area contributed by atoms with Crippen molar-refractivity contribution < 1.29 is 40.4 Å². The summed E-state index contributed by atoms with van der Waals surface area (Å²) in [6.07, 6.45) is -8.31. The van der Waals surface area contributed by atoms with Crippen LogP contribution in [0.3, 0.4) is 0 Å². The van der Waals surface area contributed by atoms with Crippen molar-refractivity contribution in [2.45, 2.75) is 50.4 Å². The summed E-state index contributed by atoms with van der Waals surface area (Å²) in [4.78, 5) is 16.1. The fraction of sp³-hybridized carbons (Fsp3) is 0.281. The van der Waals surface area contributed by atoms with E-state index in [1.807, 2.05) is 0 Å². The quantitative estimate of drug-likeness (QED) is 0.0540. The van der Waals surface area contributed by atoms with Gasteiger partial charge in [-0.1, -0.05) is 72.8 Å². The molecule has 0 aliphatic heterocycles. The second-order valence-electron chi connectivity index (χ2n) is 10.3. The molecule has 0 bridgehead atoms. The normalized spacial score (nSPS) is 13.1. The van der Waals surface area contributed by atoms with Crippen molar-refractivity contribution >= 4 is 11.5 Å². The Hall–Kier alpha value is -5.05. The first-order valence-electron chi connectivity index (χ1n) is 14.2. The summed E-state index contributed by atoms with van der Waals surface area (Å²) in [5, 5.41) is 19.2. The Morgan fingerprint density at radius 2 is 1.53 bits per heavy atom. The average molecular weight is 662 g/mol. The Labute approximate surface area is 265 Å². The minimum absolute atomic E-state index is 0.0348. The van der Waals surface area contributed by atoms with Crippen LogP contribution in [0, 0.1) is 10.1 Å². The summed E-state index contributed by atoms with van der Waals surface area (Å²) in [7, 11) is 0. The van der Waals surface area contributed by atoms with Gasteiger partial charge in [0.05, 0.1) is 11.5 Å². The maximum Gasteiger partial charge on any atom is 0.426 e. The van der Waals surface area contributed by atoms with Gasteiger partial charge in [0, 0.05) is 19.2 Å². The van der Waals surface area contributed by atoms with Gasteiger partial charge in [0.2, 0.25) is 11.3 Å². The number of hydrogen-bond donors (Lipinski definition) is 0. The molecular formula is C32H29F6N5O4. The van der Waals surface area contributed by atoms with Crippen LogP contribution in [0.4, 0.5) is 37.8 Å². The molecular weight excluding hydrogens is 632 g/mol. The highest BCUT2D eigenvalue weighted by atomic mass is 19.4. The fourth-order valence-electron chi connectivity index (χ4n) is 4.70. The highest BCUT2D eigenvalue weighted by Gasteiger charge is 2.61. The SMILES string of the molecule is C=CCCN(Cc1ccccc1)c1nc(-c2nnc(C(CCC=C)(OCc3ccccc3)C(F)(F)F)o2)c([N+](=O)[O-])cc1C(F)(F)F. The van der Waals surface area contributed by atoms with E-state index in [1.54, 1.807) is 60.7 Å². The third kappa shape index (κ3) is 8.03. The van der Waals surface area contributed by atoms with Crippen LogP contribution in [0.5, 0.6) is 0 Å². The van der Waals surface area contributed by atoms with E-state index in [4.69, 9.17) is 9.15 Å². The van der Waals surface area contributed by atoms with Crippen molar-refractivity contribution in [2.75, 3.05) is 11.4 Å². The zero-order valence-electron chi connectivity index (χ0n) is 24.8. The number of aromatic nitrogens is 3. The summed E-state index contributed by atoms with van der Waals surface area (Å²) >= 11 is 0. The van der Waals surface area contributed by atoms with Gasteiger partial charge in [-0.25, -0.2) is 4.98 Å². The lowest BCUT2D eigenvalue weighted by atomic mass is 9.96. The number of halogens is 6. The molecule has 1 unspecified atom stereocenters. The van der Waals surface area contributed by atoms with Gasteiger partial charge in [-0.05, 0) is 30.4 Å². The molecule has 0 amide bonds. The number of alkyl halides is 6. The van der Waals surface area contributed by atoms with Crippen molar-refractivity contribution in [3.63, 3.8) is 0 Å². The molecule has 0 fully saturated rings. The number of nitro groups is 1. The third-order valence-corrected chi connectivity index (χ3v) is 7.06. The number of rotatable bonds is 15. The van der Waals surface area contributed by atoms with E-state index in [-0.39, 0.29) is 32.0 Å². The molecule has 0 spiro atoms.